The van der Waals surface area contributed by atoms with E-state index in [0.717, 1.165) is 23.8 Å². The fraction of sp³-hybridized carbons (Fsp3) is 0.312. The van der Waals surface area contributed by atoms with E-state index in [4.69, 9.17) is 20.2 Å². The number of hydrogen-bond donors (Lipinski definition) is 3. The third-order valence-electron chi connectivity index (χ3n) is 8.32. The highest BCUT2D eigenvalue weighted by molar-refractivity contribution is 6.00. The highest BCUT2D eigenvalue weighted by Gasteiger charge is 2.50. The van der Waals surface area contributed by atoms with Crippen molar-refractivity contribution in [1.82, 2.24) is 15.3 Å². The van der Waals surface area contributed by atoms with Crippen LogP contribution in [0.5, 0.6) is 11.5 Å². The number of aromatic nitrogens is 2. The Morgan fingerprint density at radius 2 is 1.95 bits per heavy atom. The van der Waals surface area contributed by atoms with Gasteiger partial charge in [0.25, 0.3) is 5.91 Å². The number of benzene rings is 2. The van der Waals surface area contributed by atoms with Gasteiger partial charge in [0.05, 0.1) is 19.3 Å². The molecule has 10 heteroatoms. The van der Waals surface area contributed by atoms with Crippen LogP contribution in [-0.4, -0.2) is 47.2 Å². The molecule has 4 aromatic rings. The van der Waals surface area contributed by atoms with Crippen molar-refractivity contribution in [3.63, 3.8) is 0 Å². The molecule has 216 valence electrons. The van der Waals surface area contributed by atoms with Crippen LogP contribution in [0.1, 0.15) is 46.9 Å². The summed E-state index contributed by atoms with van der Waals surface area (Å²) >= 11 is 0. The number of aryl methyl sites for hydroxylation is 1. The Morgan fingerprint density at radius 3 is 2.62 bits per heavy atom. The number of rotatable bonds is 8. The highest BCUT2D eigenvalue weighted by atomic mass is 19.1. The molecule has 2 aromatic carbocycles. The van der Waals surface area contributed by atoms with E-state index < -0.39 is 28.6 Å². The predicted molar refractivity (Wildman–Crippen MR) is 154 cm³/mol. The fourth-order valence-electron chi connectivity index (χ4n) is 5.55. The summed E-state index contributed by atoms with van der Waals surface area (Å²) in [5.74, 6) is -0.749. The molecule has 2 aliphatic rings. The number of pyridine rings is 2. The van der Waals surface area contributed by atoms with E-state index in [9.17, 15) is 19.1 Å². The number of fused-ring (bicyclic) bond motifs is 2. The molecule has 0 spiro atoms. The second-order valence-corrected chi connectivity index (χ2v) is 11.4. The minimum Gasteiger partial charge on any atom is -0.494 e. The highest BCUT2D eigenvalue weighted by Crippen LogP contribution is 2.50. The number of nitrogens with one attached hydrogen (secondary N) is 1. The maximum absolute atomic E-state index is 13.8. The second kappa shape index (κ2) is 10.1. The van der Waals surface area contributed by atoms with Gasteiger partial charge in [0.15, 0.2) is 0 Å². The zero-order chi connectivity index (χ0) is 29.8. The van der Waals surface area contributed by atoms with Gasteiger partial charge >= 0.3 is 0 Å². The first-order valence-electron chi connectivity index (χ1n) is 13.7. The number of carbonyl (C=O) groups is 2. The second-order valence-electron chi connectivity index (χ2n) is 11.4. The van der Waals surface area contributed by atoms with E-state index in [2.05, 4.69) is 10.3 Å². The van der Waals surface area contributed by atoms with Crippen molar-refractivity contribution >= 4 is 22.7 Å². The maximum Gasteiger partial charge on any atom is 0.251 e. The van der Waals surface area contributed by atoms with Crippen molar-refractivity contribution in [3.05, 3.63) is 82.9 Å². The number of hydrogen-bond acceptors (Lipinski definition) is 7. The van der Waals surface area contributed by atoms with Gasteiger partial charge in [0, 0.05) is 28.3 Å². The molecule has 0 bridgehead atoms. The minimum absolute atomic E-state index is 0.00765. The fourth-order valence-corrected chi connectivity index (χ4v) is 5.55. The number of ether oxygens (including phenoxy) is 2. The van der Waals surface area contributed by atoms with E-state index >= 15 is 0 Å². The summed E-state index contributed by atoms with van der Waals surface area (Å²) in [6.07, 6.45) is 3.20. The number of carbonyl (C=O) groups excluding carboxylic acids is 2. The number of halogens is 1. The van der Waals surface area contributed by atoms with E-state index in [0.29, 0.717) is 39.4 Å². The first kappa shape index (κ1) is 27.6. The van der Waals surface area contributed by atoms with Gasteiger partial charge < -0.3 is 25.6 Å². The number of amides is 2. The monoisotopic (exact) mass is 570 g/mol. The molecule has 1 aliphatic heterocycles. The van der Waals surface area contributed by atoms with E-state index in [1.807, 2.05) is 13.0 Å². The Hall–Kier alpha value is -4.57. The zero-order valence-electron chi connectivity index (χ0n) is 23.5. The van der Waals surface area contributed by atoms with Gasteiger partial charge in [-0.15, -0.1) is 0 Å². The lowest BCUT2D eigenvalue weighted by molar-refractivity contribution is -0.123. The average Bonchev–Trinajstić information content (AvgIpc) is 3.78. The van der Waals surface area contributed by atoms with Crippen molar-refractivity contribution in [2.45, 2.75) is 37.7 Å². The summed E-state index contributed by atoms with van der Waals surface area (Å²) in [6.45, 7) is 3.47. The van der Waals surface area contributed by atoms with Gasteiger partial charge in [-0.3, -0.25) is 14.6 Å². The molecule has 1 aliphatic carbocycles. The number of nitrogens with two attached hydrogens (primary N) is 1. The number of methoxy groups -OCH3 is 1. The lowest BCUT2D eigenvalue weighted by Crippen LogP contribution is -2.44. The standard InChI is InChI=1S/C32H31FN4O5/c1-17-10-19-11-20(12-24(41-3)26(19)35-14-17)29(38)36-15-32(40,21-6-7-21)25-13-23-28(42-16-31(23,2)30(34)39)27(37-25)18-4-8-22(33)9-5-18/h4-5,8-14,21,40H,6-7,15-16H2,1-3H3,(H2,34,39)(H,36,38)/t31-,32+/m0/s1. The third-order valence-corrected chi connectivity index (χ3v) is 8.32. The quantitative estimate of drug-likeness (QED) is 0.292. The summed E-state index contributed by atoms with van der Waals surface area (Å²) in [6, 6.07) is 12.7. The number of aliphatic hydroxyl groups is 1. The van der Waals surface area contributed by atoms with Crippen molar-refractivity contribution in [2.75, 3.05) is 20.3 Å². The van der Waals surface area contributed by atoms with Crippen LogP contribution in [-0.2, 0) is 15.8 Å². The molecule has 0 radical (unpaired) electrons. The van der Waals surface area contributed by atoms with E-state index in [-0.39, 0.29) is 24.8 Å². The normalized spacial score (nSPS) is 19.1. The lowest BCUT2D eigenvalue weighted by atomic mass is 9.81. The van der Waals surface area contributed by atoms with Gasteiger partial charge in [-0.1, -0.05) is 0 Å². The molecule has 2 amide bonds. The minimum atomic E-state index is -1.56. The molecule has 6 rings (SSSR count). The third kappa shape index (κ3) is 4.61. The maximum atomic E-state index is 13.8. The Kier molecular flexibility index (Phi) is 6.61. The molecule has 0 saturated heterocycles. The van der Waals surface area contributed by atoms with Gasteiger partial charge in [-0.05, 0) is 86.7 Å². The van der Waals surface area contributed by atoms with Crippen LogP contribution in [0, 0.1) is 18.7 Å². The molecule has 9 nitrogen and oxygen atoms in total. The molecule has 1 fully saturated rings. The molecule has 2 aromatic heterocycles. The van der Waals surface area contributed by atoms with E-state index in [1.54, 1.807) is 43.5 Å². The summed E-state index contributed by atoms with van der Waals surface area (Å²) in [4.78, 5) is 35.2. The van der Waals surface area contributed by atoms with Crippen LogP contribution in [0.15, 0.2) is 54.7 Å². The Labute approximate surface area is 241 Å². The number of primary amides is 1. The average molecular weight is 571 g/mol. The molecule has 0 unspecified atom stereocenters. The molecule has 2 atom stereocenters. The summed E-state index contributed by atoms with van der Waals surface area (Å²) in [5.41, 5.74) is 6.70. The Bertz CT molecular complexity index is 1740. The zero-order valence-corrected chi connectivity index (χ0v) is 23.5. The van der Waals surface area contributed by atoms with Gasteiger partial charge in [0.2, 0.25) is 5.91 Å². The Balaban J connectivity index is 1.39. The van der Waals surface area contributed by atoms with Crippen molar-refractivity contribution in [1.29, 1.82) is 0 Å². The van der Waals surface area contributed by atoms with Crippen LogP contribution < -0.4 is 20.5 Å². The van der Waals surface area contributed by atoms with Gasteiger partial charge in [0.1, 0.15) is 46.1 Å². The Morgan fingerprint density at radius 1 is 1.21 bits per heavy atom. The molecule has 4 N–H and O–H groups in total. The molecule has 42 heavy (non-hydrogen) atoms. The summed E-state index contributed by atoms with van der Waals surface area (Å²) in [7, 11) is 1.52. The van der Waals surface area contributed by atoms with Crippen molar-refractivity contribution in [3.8, 4) is 22.8 Å². The van der Waals surface area contributed by atoms with Crippen LogP contribution in [0.3, 0.4) is 0 Å². The van der Waals surface area contributed by atoms with Crippen molar-refractivity contribution < 1.29 is 28.6 Å². The first-order valence-corrected chi connectivity index (χ1v) is 13.7. The molecular formula is C32H31FN4O5. The largest absolute Gasteiger partial charge is 0.494 e. The van der Waals surface area contributed by atoms with Gasteiger partial charge in [-0.2, -0.15) is 0 Å². The molecule has 1 saturated carbocycles. The lowest BCUT2D eigenvalue weighted by Gasteiger charge is -2.30. The summed E-state index contributed by atoms with van der Waals surface area (Å²) in [5, 5.41) is 15.8. The van der Waals surface area contributed by atoms with Gasteiger partial charge in [-0.25, -0.2) is 9.37 Å². The van der Waals surface area contributed by atoms with Crippen LogP contribution in [0.25, 0.3) is 22.2 Å². The van der Waals surface area contributed by atoms with Crippen LogP contribution in [0.4, 0.5) is 4.39 Å². The van der Waals surface area contributed by atoms with Crippen LogP contribution in [0.2, 0.25) is 0 Å². The summed E-state index contributed by atoms with van der Waals surface area (Å²) < 4.78 is 25.2. The van der Waals surface area contributed by atoms with Crippen LogP contribution >= 0.6 is 0 Å². The first-order chi connectivity index (χ1) is 20.0. The molecule has 3 heterocycles. The van der Waals surface area contributed by atoms with E-state index in [1.165, 1.54) is 19.2 Å². The molecular weight excluding hydrogens is 539 g/mol. The topological polar surface area (TPSA) is 137 Å². The predicted octanol–water partition coefficient (Wildman–Crippen LogP) is 3.92. The smallest absolute Gasteiger partial charge is 0.251 e. The SMILES string of the molecule is COc1cc(C(=O)NC[C@](O)(c2cc3c(c(-c4ccc(F)cc4)n2)OC[C@]3(C)C(N)=O)C2CC2)cc2cc(C)cnc12. The van der Waals surface area contributed by atoms with Crippen molar-refractivity contribution in [2.24, 2.45) is 11.7 Å². The number of nitrogens with zero attached hydrogens (tertiary/aromatic N) is 2.